The molecule has 1 aromatic heterocycles. The zero-order valence-electron chi connectivity index (χ0n) is 7.91. The number of nitrogens with zero attached hydrogens (tertiary/aromatic N) is 3. The highest BCUT2D eigenvalue weighted by atomic mass is 79.9. The first-order valence-electron chi connectivity index (χ1n) is 4.23. The van der Waals surface area contributed by atoms with Crippen molar-refractivity contribution in [2.24, 2.45) is 0 Å². The Kier molecular flexibility index (Phi) is 2.44. The summed E-state index contributed by atoms with van der Waals surface area (Å²) in [7, 11) is 0. The molecule has 0 amide bonds. The van der Waals surface area contributed by atoms with Crippen molar-refractivity contribution in [2.45, 2.75) is 6.92 Å². The van der Waals surface area contributed by atoms with Crippen LogP contribution in [0.5, 0.6) is 0 Å². The van der Waals surface area contributed by atoms with Crippen molar-refractivity contribution >= 4 is 21.7 Å². The summed E-state index contributed by atoms with van der Waals surface area (Å²) in [5.41, 5.74) is 6.82. The highest BCUT2D eigenvalue weighted by Gasteiger charge is 2.10. The Morgan fingerprint density at radius 2 is 2.20 bits per heavy atom. The van der Waals surface area contributed by atoms with Crippen LogP contribution in [0.25, 0.3) is 5.69 Å². The van der Waals surface area contributed by atoms with Crippen molar-refractivity contribution in [3.63, 3.8) is 0 Å². The minimum absolute atomic E-state index is 0.332. The number of rotatable bonds is 1. The fraction of sp³-hybridized carbons (Fsp3) is 0.111. The predicted octanol–water partition coefficient (Wildman–Crippen LogP) is 2.06. The second kappa shape index (κ2) is 3.62. The Morgan fingerprint density at radius 3 is 2.80 bits per heavy atom. The quantitative estimate of drug-likeness (QED) is 0.863. The number of halogens is 2. The molecule has 2 N–H and O–H groups in total. The Labute approximate surface area is 94.0 Å². The average Bonchev–Trinajstić information content (AvgIpc) is 2.52. The van der Waals surface area contributed by atoms with Crippen LogP contribution in [0.1, 0.15) is 5.69 Å². The summed E-state index contributed by atoms with van der Waals surface area (Å²) >= 11 is 3.31. The Morgan fingerprint density at radius 1 is 1.47 bits per heavy atom. The van der Waals surface area contributed by atoms with Gasteiger partial charge in [0.05, 0.1) is 11.4 Å². The van der Waals surface area contributed by atoms with E-state index in [1.54, 1.807) is 13.0 Å². The molecule has 0 spiro atoms. The molecule has 0 atom stereocenters. The lowest BCUT2D eigenvalue weighted by molar-refractivity contribution is 0.624. The van der Waals surface area contributed by atoms with Crippen molar-refractivity contribution in [3.8, 4) is 5.69 Å². The summed E-state index contributed by atoms with van der Waals surface area (Å²) in [4.78, 5) is 0. The Bertz CT molecular complexity index is 509. The van der Waals surface area contributed by atoms with Crippen LogP contribution < -0.4 is 5.73 Å². The van der Waals surface area contributed by atoms with Crippen molar-refractivity contribution in [1.29, 1.82) is 0 Å². The molecule has 0 radical (unpaired) electrons. The van der Waals surface area contributed by atoms with Gasteiger partial charge in [-0.2, -0.15) is 0 Å². The number of nitrogens with two attached hydrogens (primary N) is 1. The molecule has 0 bridgehead atoms. The van der Waals surface area contributed by atoms with Crippen LogP contribution in [0.15, 0.2) is 22.7 Å². The lowest BCUT2D eigenvalue weighted by Gasteiger charge is -2.05. The van der Waals surface area contributed by atoms with Crippen LogP contribution in [0.2, 0.25) is 0 Å². The van der Waals surface area contributed by atoms with Gasteiger partial charge in [0, 0.05) is 10.5 Å². The van der Waals surface area contributed by atoms with E-state index in [2.05, 4.69) is 26.2 Å². The number of aromatic nitrogens is 3. The zero-order chi connectivity index (χ0) is 11.0. The van der Waals surface area contributed by atoms with Gasteiger partial charge >= 0.3 is 0 Å². The van der Waals surface area contributed by atoms with Gasteiger partial charge in [0.1, 0.15) is 5.82 Å². The molecule has 1 aromatic carbocycles. The molecule has 2 aromatic rings. The van der Waals surface area contributed by atoms with E-state index in [4.69, 9.17) is 5.73 Å². The van der Waals surface area contributed by atoms with Gasteiger partial charge < -0.3 is 5.73 Å². The molecule has 6 heteroatoms. The third-order valence-corrected chi connectivity index (χ3v) is 2.74. The fourth-order valence-corrected chi connectivity index (χ4v) is 1.63. The van der Waals surface area contributed by atoms with E-state index in [1.165, 1.54) is 16.8 Å². The number of hydrogen-bond acceptors (Lipinski definition) is 3. The maximum absolute atomic E-state index is 13.1. The standard InChI is InChI=1S/C9H8BrFN4/c1-5-9(12)13-14-15(5)8-4-6(11)2-3-7(8)10/h2-4H,12H2,1H3. The first-order chi connectivity index (χ1) is 7.09. The summed E-state index contributed by atoms with van der Waals surface area (Å²) < 4.78 is 15.3. The van der Waals surface area contributed by atoms with Gasteiger partial charge in [0.25, 0.3) is 0 Å². The highest BCUT2D eigenvalue weighted by Crippen LogP contribution is 2.23. The van der Waals surface area contributed by atoms with E-state index in [1.807, 2.05) is 0 Å². The number of benzene rings is 1. The van der Waals surface area contributed by atoms with Gasteiger partial charge in [0.2, 0.25) is 0 Å². The number of anilines is 1. The maximum atomic E-state index is 13.1. The predicted molar refractivity (Wildman–Crippen MR) is 58.2 cm³/mol. The van der Waals surface area contributed by atoms with Crippen molar-refractivity contribution < 1.29 is 4.39 Å². The van der Waals surface area contributed by atoms with Crippen LogP contribution in [-0.2, 0) is 0 Å². The zero-order valence-corrected chi connectivity index (χ0v) is 9.49. The van der Waals surface area contributed by atoms with E-state index in [9.17, 15) is 4.39 Å². The van der Waals surface area contributed by atoms with E-state index in [0.717, 1.165) is 4.47 Å². The highest BCUT2D eigenvalue weighted by molar-refractivity contribution is 9.10. The first kappa shape index (κ1) is 10.1. The lowest BCUT2D eigenvalue weighted by atomic mass is 10.3. The molecule has 0 aliphatic rings. The second-order valence-electron chi connectivity index (χ2n) is 3.07. The molecular weight excluding hydrogens is 263 g/mol. The van der Waals surface area contributed by atoms with Crippen LogP contribution >= 0.6 is 15.9 Å². The van der Waals surface area contributed by atoms with Crippen LogP contribution in [0.3, 0.4) is 0 Å². The molecule has 0 fully saturated rings. The summed E-state index contributed by atoms with van der Waals surface area (Å²) in [5, 5.41) is 7.54. The average molecular weight is 271 g/mol. The molecule has 15 heavy (non-hydrogen) atoms. The summed E-state index contributed by atoms with van der Waals surface area (Å²) in [6.07, 6.45) is 0. The third-order valence-electron chi connectivity index (χ3n) is 2.07. The van der Waals surface area contributed by atoms with Gasteiger partial charge in [-0.3, -0.25) is 0 Å². The molecule has 0 saturated carbocycles. The topological polar surface area (TPSA) is 56.7 Å². The first-order valence-corrected chi connectivity index (χ1v) is 5.02. The monoisotopic (exact) mass is 270 g/mol. The molecule has 78 valence electrons. The Balaban J connectivity index is 2.63. The molecule has 0 unspecified atom stereocenters. The Hall–Kier alpha value is -1.43. The van der Waals surface area contributed by atoms with Crippen molar-refractivity contribution in [2.75, 3.05) is 5.73 Å². The van der Waals surface area contributed by atoms with Gasteiger partial charge in [-0.1, -0.05) is 5.21 Å². The van der Waals surface area contributed by atoms with Crippen LogP contribution in [-0.4, -0.2) is 15.0 Å². The van der Waals surface area contributed by atoms with E-state index in [-0.39, 0.29) is 5.82 Å². The summed E-state index contributed by atoms with van der Waals surface area (Å²) in [6, 6.07) is 4.34. The van der Waals surface area contributed by atoms with Crippen molar-refractivity contribution in [3.05, 3.63) is 34.2 Å². The van der Waals surface area contributed by atoms with Crippen molar-refractivity contribution in [1.82, 2.24) is 15.0 Å². The maximum Gasteiger partial charge on any atom is 0.169 e. The summed E-state index contributed by atoms with van der Waals surface area (Å²) in [6.45, 7) is 1.77. The smallest absolute Gasteiger partial charge is 0.169 e. The van der Waals surface area contributed by atoms with Gasteiger partial charge in [-0.15, -0.1) is 5.10 Å². The fourth-order valence-electron chi connectivity index (χ4n) is 1.22. The van der Waals surface area contributed by atoms with E-state index < -0.39 is 0 Å². The number of nitrogen functional groups attached to an aromatic ring is 1. The lowest BCUT2D eigenvalue weighted by Crippen LogP contribution is -2.01. The molecule has 2 rings (SSSR count). The molecular formula is C9H8BrFN4. The SMILES string of the molecule is Cc1c(N)nnn1-c1cc(F)ccc1Br. The van der Waals surface area contributed by atoms with Gasteiger partial charge in [-0.25, -0.2) is 9.07 Å². The molecule has 0 aliphatic carbocycles. The largest absolute Gasteiger partial charge is 0.381 e. The minimum Gasteiger partial charge on any atom is -0.381 e. The van der Waals surface area contributed by atoms with Crippen LogP contribution in [0, 0.1) is 12.7 Å². The second-order valence-corrected chi connectivity index (χ2v) is 3.92. The number of hydrogen-bond donors (Lipinski definition) is 1. The molecule has 1 heterocycles. The van der Waals surface area contributed by atoms with Gasteiger partial charge in [0.15, 0.2) is 5.82 Å². The normalized spacial score (nSPS) is 10.6. The minimum atomic E-state index is -0.332. The molecule has 0 saturated heterocycles. The van der Waals surface area contributed by atoms with E-state index >= 15 is 0 Å². The molecule has 4 nitrogen and oxygen atoms in total. The summed E-state index contributed by atoms with van der Waals surface area (Å²) in [5.74, 6) is 0.00725. The molecule has 0 aliphatic heterocycles. The van der Waals surface area contributed by atoms with E-state index in [0.29, 0.717) is 17.2 Å². The third kappa shape index (κ3) is 1.72. The van der Waals surface area contributed by atoms with Gasteiger partial charge in [-0.05, 0) is 35.0 Å². The van der Waals surface area contributed by atoms with Crippen LogP contribution in [0.4, 0.5) is 10.2 Å².